The average molecular weight is 284 g/mol. The lowest BCUT2D eigenvalue weighted by Crippen LogP contribution is -2.16. The number of hydrogen-bond acceptors (Lipinski definition) is 2. The Morgan fingerprint density at radius 1 is 0.952 bits per heavy atom. The van der Waals surface area contributed by atoms with Gasteiger partial charge in [-0.3, -0.25) is 0 Å². The number of benzene rings is 2. The van der Waals surface area contributed by atoms with Crippen LogP contribution >= 0.6 is 0 Å². The standard InChI is InChI=1S/C19H24O2/c20-19(14-21-18-9-3-1-2-4-10-18)17-12-11-15-7-5-6-8-16(15)13-17/h5-8,11-13,18-20H,1-4,9-10,14H2. The van der Waals surface area contributed by atoms with Gasteiger partial charge in [0, 0.05) is 0 Å². The van der Waals surface area contributed by atoms with Gasteiger partial charge in [-0.15, -0.1) is 0 Å². The van der Waals surface area contributed by atoms with Crippen LogP contribution in [-0.4, -0.2) is 17.8 Å². The van der Waals surface area contributed by atoms with Crippen molar-refractivity contribution in [3.05, 3.63) is 48.0 Å². The van der Waals surface area contributed by atoms with Crippen molar-refractivity contribution in [3.63, 3.8) is 0 Å². The zero-order valence-electron chi connectivity index (χ0n) is 12.5. The fourth-order valence-corrected chi connectivity index (χ4v) is 3.15. The Balaban J connectivity index is 1.61. The second-order valence-electron chi connectivity index (χ2n) is 6.07. The molecule has 0 heterocycles. The summed E-state index contributed by atoms with van der Waals surface area (Å²) in [6.07, 6.45) is 7.27. The largest absolute Gasteiger partial charge is 0.386 e. The van der Waals surface area contributed by atoms with Crippen LogP contribution < -0.4 is 0 Å². The van der Waals surface area contributed by atoms with Gasteiger partial charge in [0.05, 0.1) is 12.7 Å². The summed E-state index contributed by atoms with van der Waals surface area (Å²) >= 11 is 0. The van der Waals surface area contributed by atoms with Gasteiger partial charge in [-0.2, -0.15) is 0 Å². The molecule has 0 aliphatic heterocycles. The normalized spacial score (nSPS) is 18.5. The Labute approximate surface area is 126 Å². The number of aliphatic hydroxyl groups is 1. The van der Waals surface area contributed by atoms with E-state index >= 15 is 0 Å². The summed E-state index contributed by atoms with van der Waals surface area (Å²) in [5.74, 6) is 0. The molecule has 112 valence electrons. The van der Waals surface area contributed by atoms with Gasteiger partial charge in [0.15, 0.2) is 0 Å². The molecule has 0 radical (unpaired) electrons. The van der Waals surface area contributed by atoms with Gasteiger partial charge in [0.1, 0.15) is 6.10 Å². The lowest BCUT2D eigenvalue weighted by Gasteiger charge is -2.18. The number of ether oxygens (including phenoxy) is 1. The quantitative estimate of drug-likeness (QED) is 0.831. The van der Waals surface area contributed by atoms with Gasteiger partial charge in [0.2, 0.25) is 0 Å². The minimum atomic E-state index is -0.530. The van der Waals surface area contributed by atoms with Crippen molar-refractivity contribution in [2.75, 3.05) is 6.61 Å². The van der Waals surface area contributed by atoms with Gasteiger partial charge in [-0.05, 0) is 35.2 Å². The van der Waals surface area contributed by atoms with Crippen LogP contribution in [0.3, 0.4) is 0 Å². The lowest BCUT2D eigenvalue weighted by molar-refractivity contribution is -0.0159. The first-order chi connectivity index (χ1) is 10.3. The number of rotatable bonds is 4. The van der Waals surface area contributed by atoms with Crippen molar-refractivity contribution < 1.29 is 9.84 Å². The van der Waals surface area contributed by atoms with Crippen LogP contribution in [0, 0.1) is 0 Å². The van der Waals surface area contributed by atoms with E-state index in [0.29, 0.717) is 12.7 Å². The van der Waals surface area contributed by atoms with Gasteiger partial charge in [-0.25, -0.2) is 0 Å². The van der Waals surface area contributed by atoms with Crippen molar-refractivity contribution in [1.82, 2.24) is 0 Å². The Morgan fingerprint density at radius 2 is 1.67 bits per heavy atom. The molecule has 1 fully saturated rings. The Hall–Kier alpha value is -1.38. The molecule has 1 aliphatic rings. The molecule has 2 nitrogen and oxygen atoms in total. The first-order valence-electron chi connectivity index (χ1n) is 8.11. The van der Waals surface area contributed by atoms with E-state index in [0.717, 1.165) is 18.4 Å². The molecular formula is C19H24O2. The number of hydrogen-bond donors (Lipinski definition) is 1. The Morgan fingerprint density at radius 3 is 2.43 bits per heavy atom. The molecule has 0 amide bonds. The zero-order valence-corrected chi connectivity index (χ0v) is 12.5. The molecule has 1 atom stereocenters. The van der Waals surface area contributed by atoms with E-state index in [1.165, 1.54) is 36.5 Å². The van der Waals surface area contributed by atoms with Gasteiger partial charge >= 0.3 is 0 Å². The number of aliphatic hydroxyl groups excluding tert-OH is 1. The third-order valence-electron chi connectivity index (χ3n) is 4.45. The molecule has 2 heteroatoms. The molecular weight excluding hydrogens is 260 g/mol. The minimum absolute atomic E-state index is 0.336. The highest BCUT2D eigenvalue weighted by Gasteiger charge is 2.15. The summed E-state index contributed by atoms with van der Waals surface area (Å²) in [6, 6.07) is 14.4. The van der Waals surface area contributed by atoms with Crippen LogP contribution in [0.5, 0.6) is 0 Å². The van der Waals surface area contributed by atoms with Crippen molar-refractivity contribution in [1.29, 1.82) is 0 Å². The molecule has 2 aromatic carbocycles. The summed E-state index contributed by atoms with van der Waals surface area (Å²) in [7, 11) is 0. The van der Waals surface area contributed by atoms with E-state index in [4.69, 9.17) is 4.74 Å². The van der Waals surface area contributed by atoms with E-state index in [2.05, 4.69) is 24.3 Å². The molecule has 0 spiro atoms. The first-order valence-corrected chi connectivity index (χ1v) is 8.11. The van der Waals surface area contributed by atoms with Crippen molar-refractivity contribution >= 4 is 10.8 Å². The van der Waals surface area contributed by atoms with E-state index < -0.39 is 6.10 Å². The fourth-order valence-electron chi connectivity index (χ4n) is 3.15. The SMILES string of the molecule is OC(COC1CCCCCC1)c1ccc2ccccc2c1. The monoisotopic (exact) mass is 284 g/mol. The third-order valence-corrected chi connectivity index (χ3v) is 4.45. The van der Waals surface area contributed by atoms with Crippen molar-refractivity contribution in [2.24, 2.45) is 0 Å². The topological polar surface area (TPSA) is 29.5 Å². The highest BCUT2D eigenvalue weighted by Crippen LogP contribution is 2.24. The van der Waals surface area contributed by atoms with Gasteiger partial charge in [-0.1, -0.05) is 62.1 Å². The summed E-state index contributed by atoms with van der Waals surface area (Å²) in [6.45, 7) is 0.406. The molecule has 1 N–H and O–H groups in total. The predicted octanol–water partition coefficient (Wildman–Crippen LogP) is 4.61. The summed E-state index contributed by atoms with van der Waals surface area (Å²) in [5.41, 5.74) is 0.947. The van der Waals surface area contributed by atoms with E-state index in [1.807, 2.05) is 18.2 Å². The Kier molecular flexibility index (Phi) is 4.89. The van der Waals surface area contributed by atoms with Crippen LogP contribution in [0.15, 0.2) is 42.5 Å². The van der Waals surface area contributed by atoms with Crippen molar-refractivity contribution in [3.8, 4) is 0 Å². The maximum Gasteiger partial charge on any atom is 0.102 e. The van der Waals surface area contributed by atoms with E-state index in [-0.39, 0.29) is 0 Å². The van der Waals surface area contributed by atoms with Crippen LogP contribution in [-0.2, 0) is 4.74 Å². The molecule has 0 saturated heterocycles. The highest BCUT2D eigenvalue weighted by atomic mass is 16.5. The second kappa shape index (κ2) is 7.06. The summed E-state index contributed by atoms with van der Waals surface area (Å²) < 4.78 is 5.94. The molecule has 1 aliphatic carbocycles. The average Bonchev–Trinajstić information content (AvgIpc) is 2.81. The van der Waals surface area contributed by atoms with E-state index in [1.54, 1.807) is 0 Å². The maximum absolute atomic E-state index is 10.4. The van der Waals surface area contributed by atoms with E-state index in [9.17, 15) is 5.11 Å². The molecule has 1 saturated carbocycles. The Bertz CT molecular complexity index is 571. The fraction of sp³-hybridized carbons (Fsp3) is 0.474. The molecule has 0 aromatic heterocycles. The lowest BCUT2D eigenvalue weighted by atomic mass is 10.0. The predicted molar refractivity (Wildman–Crippen MR) is 86.3 cm³/mol. The minimum Gasteiger partial charge on any atom is -0.386 e. The molecule has 0 bridgehead atoms. The van der Waals surface area contributed by atoms with Gasteiger partial charge < -0.3 is 9.84 Å². The van der Waals surface area contributed by atoms with Crippen molar-refractivity contribution in [2.45, 2.75) is 50.7 Å². The highest BCUT2D eigenvalue weighted by molar-refractivity contribution is 5.83. The molecule has 1 unspecified atom stereocenters. The third kappa shape index (κ3) is 3.84. The van der Waals surface area contributed by atoms with Gasteiger partial charge in [0.25, 0.3) is 0 Å². The molecule has 3 rings (SSSR count). The number of fused-ring (bicyclic) bond motifs is 1. The van der Waals surface area contributed by atoms with Crippen LogP contribution in [0.4, 0.5) is 0 Å². The summed E-state index contributed by atoms with van der Waals surface area (Å²) in [4.78, 5) is 0. The maximum atomic E-state index is 10.4. The molecule has 2 aromatic rings. The molecule has 21 heavy (non-hydrogen) atoms. The van der Waals surface area contributed by atoms with Crippen LogP contribution in [0.2, 0.25) is 0 Å². The summed E-state index contributed by atoms with van der Waals surface area (Å²) in [5, 5.41) is 12.7. The second-order valence-corrected chi connectivity index (χ2v) is 6.07. The van der Waals surface area contributed by atoms with Crippen LogP contribution in [0.25, 0.3) is 10.8 Å². The first kappa shape index (κ1) is 14.6. The van der Waals surface area contributed by atoms with Crippen LogP contribution in [0.1, 0.15) is 50.2 Å². The zero-order chi connectivity index (χ0) is 14.5. The smallest absolute Gasteiger partial charge is 0.102 e.